The third-order valence-electron chi connectivity index (χ3n) is 6.38. The number of aryl methyl sites for hydroxylation is 1. The normalized spacial score (nSPS) is 13.5. The van der Waals surface area contributed by atoms with Crippen LogP contribution in [0, 0.1) is 18.6 Å². The summed E-state index contributed by atoms with van der Waals surface area (Å²) in [6.07, 6.45) is 3.38. The summed E-state index contributed by atoms with van der Waals surface area (Å²) in [4.78, 5) is 45.3. The molecule has 2 aromatic heterocycles. The van der Waals surface area contributed by atoms with Gasteiger partial charge in [-0.1, -0.05) is 6.07 Å². The molecule has 0 saturated carbocycles. The maximum absolute atomic E-state index is 13.6. The predicted octanol–water partition coefficient (Wildman–Crippen LogP) is 3.01. The largest absolute Gasteiger partial charge is 0.494 e. The van der Waals surface area contributed by atoms with E-state index >= 15 is 0 Å². The lowest BCUT2D eigenvalue weighted by Crippen LogP contribution is -2.37. The Morgan fingerprint density at radius 2 is 1.95 bits per heavy atom. The van der Waals surface area contributed by atoms with E-state index in [0.717, 1.165) is 17.8 Å². The fraction of sp³-hybridized carbons (Fsp3) is 0.143. The molecule has 2 aromatic carbocycles. The number of aromatic nitrogens is 2. The molecule has 4 aromatic rings. The van der Waals surface area contributed by atoms with Crippen LogP contribution in [0.25, 0.3) is 17.0 Å². The van der Waals surface area contributed by atoms with Crippen molar-refractivity contribution in [3.63, 3.8) is 0 Å². The van der Waals surface area contributed by atoms with E-state index < -0.39 is 35.6 Å². The Morgan fingerprint density at radius 3 is 2.70 bits per heavy atom. The fourth-order valence-corrected chi connectivity index (χ4v) is 4.31. The number of benzene rings is 2. The minimum atomic E-state index is -1.04. The zero-order valence-corrected chi connectivity index (χ0v) is 21.2. The summed E-state index contributed by atoms with van der Waals surface area (Å²) in [5.74, 6) is -3.37. The van der Waals surface area contributed by atoms with Gasteiger partial charge in [-0.3, -0.25) is 19.4 Å². The van der Waals surface area contributed by atoms with Gasteiger partial charge in [0.05, 0.1) is 18.8 Å². The summed E-state index contributed by atoms with van der Waals surface area (Å²) < 4.78 is 28.1. The topological polar surface area (TPSA) is 141 Å². The molecule has 12 heteroatoms. The number of H-pyrrole nitrogens is 1. The van der Waals surface area contributed by atoms with Crippen LogP contribution in [0.3, 0.4) is 0 Å². The lowest BCUT2D eigenvalue weighted by Gasteiger charge is -2.13. The molecular weight excluding hydrogens is 522 g/mol. The molecule has 0 aliphatic carbocycles. The van der Waals surface area contributed by atoms with Gasteiger partial charge in [0, 0.05) is 34.1 Å². The highest BCUT2D eigenvalue weighted by atomic mass is 19.2. The van der Waals surface area contributed by atoms with Crippen LogP contribution in [-0.2, 0) is 11.3 Å². The van der Waals surface area contributed by atoms with E-state index in [9.17, 15) is 28.3 Å². The molecule has 204 valence electrons. The average molecular weight is 547 g/mol. The molecular formula is C28H24F2N6O4. The Balaban J connectivity index is 1.27. The SMILES string of the molecule is Cc1ccc(C(=O)NCC(=O)Nc2ccc3[nH]c(O)c(C=C4C=NCN4)c3c2)c(=O)n1Cc1ccc(F)c(F)c1. The van der Waals surface area contributed by atoms with Crippen molar-refractivity contribution >= 4 is 40.7 Å². The molecule has 10 nitrogen and oxygen atoms in total. The highest BCUT2D eigenvalue weighted by Gasteiger charge is 2.17. The predicted molar refractivity (Wildman–Crippen MR) is 146 cm³/mol. The summed E-state index contributed by atoms with van der Waals surface area (Å²) in [5, 5.41) is 19.2. The molecule has 1 aliphatic rings. The van der Waals surface area contributed by atoms with Gasteiger partial charge < -0.3 is 30.6 Å². The van der Waals surface area contributed by atoms with Crippen LogP contribution in [0.4, 0.5) is 14.5 Å². The van der Waals surface area contributed by atoms with Crippen LogP contribution < -0.4 is 21.5 Å². The number of aromatic hydroxyl groups is 1. The molecule has 0 saturated heterocycles. The third-order valence-corrected chi connectivity index (χ3v) is 6.38. The molecule has 2 amide bonds. The molecule has 0 spiro atoms. The van der Waals surface area contributed by atoms with Gasteiger partial charge in [0.1, 0.15) is 12.2 Å². The van der Waals surface area contributed by atoms with E-state index in [-0.39, 0.29) is 18.0 Å². The molecule has 1 aliphatic heterocycles. The first-order valence-corrected chi connectivity index (χ1v) is 12.2. The first-order valence-electron chi connectivity index (χ1n) is 12.2. The maximum Gasteiger partial charge on any atom is 0.263 e. The second-order valence-electron chi connectivity index (χ2n) is 9.15. The first kappa shape index (κ1) is 26.4. The number of nitrogens with one attached hydrogen (secondary N) is 4. The van der Waals surface area contributed by atoms with Crippen molar-refractivity contribution < 1.29 is 23.5 Å². The quantitative estimate of drug-likeness (QED) is 0.242. The Morgan fingerprint density at radius 1 is 1.12 bits per heavy atom. The monoisotopic (exact) mass is 546 g/mol. The molecule has 0 fully saturated rings. The summed E-state index contributed by atoms with van der Waals surface area (Å²) in [6.45, 7) is 1.62. The number of aliphatic imine (C=N–C) groups is 1. The summed E-state index contributed by atoms with van der Waals surface area (Å²) >= 11 is 0. The van der Waals surface area contributed by atoms with Crippen molar-refractivity contribution in [2.45, 2.75) is 13.5 Å². The number of nitrogens with zero attached hydrogens (tertiary/aromatic N) is 2. The Bertz CT molecular complexity index is 1770. The molecule has 0 atom stereocenters. The maximum atomic E-state index is 13.6. The van der Waals surface area contributed by atoms with Gasteiger partial charge in [-0.25, -0.2) is 8.78 Å². The number of carbonyl (C=O) groups excluding carboxylic acids is 2. The van der Waals surface area contributed by atoms with Crippen molar-refractivity contribution in [3.8, 4) is 5.88 Å². The Hall–Kier alpha value is -5.26. The molecule has 5 rings (SSSR count). The molecule has 0 unspecified atom stereocenters. The summed E-state index contributed by atoms with van der Waals surface area (Å²) in [6, 6.07) is 11.2. The zero-order valence-electron chi connectivity index (χ0n) is 21.2. The van der Waals surface area contributed by atoms with E-state index in [1.807, 2.05) is 0 Å². The van der Waals surface area contributed by atoms with Gasteiger partial charge in [-0.05, 0) is 61.0 Å². The standard InChI is InChI=1S/C28H24F2N6O4/c1-15-2-5-19(28(40)36(15)13-16-3-6-22(29)23(30)8-16)26(38)32-12-25(37)34-17-4-7-24-20(9-17)21(27(39)35-24)10-18-11-31-14-33-18/h2-11,33,35,39H,12-14H2,1H3,(H,32,38)(H,34,37). The van der Waals surface area contributed by atoms with Crippen LogP contribution in [0.2, 0.25) is 0 Å². The Kier molecular flexibility index (Phi) is 7.15. The molecule has 0 radical (unpaired) electrons. The van der Waals surface area contributed by atoms with Gasteiger partial charge in [0.2, 0.25) is 5.91 Å². The van der Waals surface area contributed by atoms with Crippen LogP contribution in [0.5, 0.6) is 5.88 Å². The van der Waals surface area contributed by atoms with Crippen molar-refractivity contribution in [1.29, 1.82) is 0 Å². The van der Waals surface area contributed by atoms with E-state index in [1.54, 1.807) is 43.5 Å². The smallest absolute Gasteiger partial charge is 0.263 e. The summed E-state index contributed by atoms with van der Waals surface area (Å²) in [7, 11) is 0. The number of pyridine rings is 1. The average Bonchev–Trinajstić information content (AvgIpc) is 3.55. The van der Waals surface area contributed by atoms with Gasteiger partial charge in [0.25, 0.3) is 11.5 Å². The van der Waals surface area contributed by atoms with Crippen LogP contribution in [-0.4, -0.2) is 45.9 Å². The van der Waals surface area contributed by atoms with Gasteiger partial charge in [-0.15, -0.1) is 0 Å². The van der Waals surface area contributed by atoms with Gasteiger partial charge >= 0.3 is 0 Å². The van der Waals surface area contributed by atoms with Crippen LogP contribution in [0.1, 0.15) is 27.2 Å². The van der Waals surface area contributed by atoms with Crippen molar-refractivity contribution in [1.82, 2.24) is 20.2 Å². The van der Waals surface area contributed by atoms with Crippen LogP contribution in [0.15, 0.2) is 64.0 Å². The van der Waals surface area contributed by atoms with Gasteiger partial charge in [0.15, 0.2) is 17.5 Å². The number of amides is 2. The number of halogens is 2. The number of hydrogen-bond acceptors (Lipinski definition) is 6. The van der Waals surface area contributed by atoms with E-state index in [1.165, 1.54) is 16.7 Å². The number of aromatic amines is 1. The molecule has 3 heterocycles. The van der Waals surface area contributed by atoms with Crippen molar-refractivity contribution in [2.24, 2.45) is 4.99 Å². The number of fused-ring (bicyclic) bond motifs is 1. The van der Waals surface area contributed by atoms with Gasteiger partial charge in [-0.2, -0.15) is 0 Å². The number of allylic oxidation sites excluding steroid dienone is 1. The minimum absolute atomic E-state index is 0.0337. The number of rotatable bonds is 7. The molecule has 0 bridgehead atoms. The number of carbonyl (C=O) groups is 2. The number of hydrogen-bond donors (Lipinski definition) is 5. The fourth-order valence-electron chi connectivity index (χ4n) is 4.31. The zero-order chi connectivity index (χ0) is 28.4. The second-order valence-corrected chi connectivity index (χ2v) is 9.15. The Labute approximate surface area is 226 Å². The first-order chi connectivity index (χ1) is 19.2. The van der Waals surface area contributed by atoms with E-state index in [4.69, 9.17) is 0 Å². The third kappa shape index (κ3) is 5.46. The lowest BCUT2D eigenvalue weighted by molar-refractivity contribution is -0.115. The minimum Gasteiger partial charge on any atom is -0.494 e. The molecule has 5 N–H and O–H groups in total. The van der Waals surface area contributed by atoms with Crippen molar-refractivity contribution in [3.05, 3.63) is 98.6 Å². The van der Waals surface area contributed by atoms with Crippen molar-refractivity contribution in [2.75, 3.05) is 18.5 Å². The number of anilines is 1. The lowest BCUT2D eigenvalue weighted by atomic mass is 10.1. The van der Waals surface area contributed by atoms with E-state index in [2.05, 4.69) is 25.9 Å². The second kappa shape index (κ2) is 10.8. The highest BCUT2D eigenvalue weighted by Crippen LogP contribution is 2.31. The van der Waals surface area contributed by atoms with Crippen LogP contribution >= 0.6 is 0 Å². The highest BCUT2D eigenvalue weighted by molar-refractivity contribution is 6.02. The summed E-state index contributed by atoms with van der Waals surface area (Å²) in [5.41, 5.74) is 2.37. The van der Waals surface area contributed by atoms with E-state index in [0.29, 0.717) is 40.1 Å². The molecule has 40 heavy (non-hydrogen) atoms.